The summed E-state index contributed by atoms with van der Waals surface area (Å²) in [5.41, 5.74) is 0. The van der Waals surface area contributed by atoms with Gasteiger partial charge in [0.1, 0.15) is 6.67 Å². The van der Waals surface area contributed by atoms with Crippen LogP contribution in [0, 0.1) is 5.92 Å². The van der Waals surface area contributed by atoms with Gasteiger partial charge in [-0.1, -0.05) is 0 Å². The first-order valence-electron chi connectivity index (χ1n) is 4.82. The van der Waals surface area contributed by atoms with E-state index in [0.29, 0.717) is 0 Å². The average Bonchev–Trinajstić information content (AvgIpc) is 2.15. The molecule has 0 aromatic carbocycles. The molecule has 76 valence electrons. The Bertz CT molecular complexity index is 175. The van der Waals surface area contributed by atoms with Crippen LogP contribution in [0.25, 0.3) is 0 Å². The molecule has 2 unspecified atom stereocenters. The summed E-state index contributed by atoms with van der Waals surface area (Å²) in [5.74, 6) is -0.00218. The number of halogens is 1. The zero-order valence-corrected chi connectivity index (χ0v) is 7.98. The number of hydrogen-bond acceptors (Lipinski definition) is 2. The Morgan fingerprint density at radius 3 is 3.08 bits per heavy atom. The van der Waals surface area contributed by atoms with E-state index in [1.54, 1.807) is 0 Å². The lowest BCUT2D eigenvalue weighted by Crippen LogP contribution is -2.47. The van der Waals surface area contributed by atoms with Gasteiger partial charge in [-0.2, -0.15) is 0 Å². The fraction of sp³-hybridized carbons (Fsp3) is 0.889. The number of amides is 1. The first kappa shape index (κ1) is 10.4. The molecule has 0 radical (unpaired) electrons. The van der Waals surface area contributed by atoms with Crippen LogP contribution in [-0.4, -0.2) is 31.7 Å². The molecule has 0 saturated carbocycles. The van der Waals surface area contributed by atoms with Crippen molar-refractivity contribution in [2.24, 2.45) is 5.92 Å². The first-order valence-corrected chi connectivity index (χ1v) is 4.82. The molecule has 4 heteroatoms. The number of piperidine rings is 1. The highest BCUT2D eigenvalue weighted by Gasteiger charge is 2.26. The van der Waals surface area contributed by atoms with Crippen LogP contribution in [0.1, 0.15) is 19.8 Å². The first-order chi connectivity index (χ1) is 6.25. The molecule has 0 aliphatic carbocycles. The van der Waals surface area contributed by atoms with Gasteiger partial charge in [-0.05, 0) is 26.3 Å². The number of rotatable bonds is 3. The summed E-state index contributed by atoms with van der Waals surface area (Å²) in [5, 5.41) is 5.81. The fourth-order valence-electron chi connectivity index (χ4n) is 1.70. The Balaban J connectivity index is 2.35. The summed E-state index contributed by atoms with van der Waals surface area (Å²) in [6.07, 6.45) is 1.93. The molecule has 1 aliphatic rings. The van der Waals surface area contributed by atoms with E-state index in [-0.39, 0.29) is 24.4 Å². The van der Waals surface area contributed by atoms with Crippen molar-refractivity contribution in [3.05, 3.63) is 0 Å². The zero-order chi connectivity index (χ0) is 9.68. The molecule has 1 saturated heterocycles. The Labute approximate surface area is 78.1 Å². The molecule has 0 spiro atoms. The summed E-state index contributed by atoms with van der Waals surface area (Å²) in [7, 11) is 0. The highest BCUT2D eigenvalue weighted by atomic mass is 19.1. The normalized spacial score (nSPS) is 28.5. The van der Waals surface area contributed by atoms with Crippen LogP contribution in [0.4, 0.5) is 4.39 Å². The van der Waals surface area contributed by atoms with Gasteiger partial charge in [0, 0.05) is 12.6 Å². The molecule has 2 atom stereocenters. The summed E-state index contributed by atoms with van der Waals surface area (Å²) in [4.78, 5) is 11.4. The predicted octanol–water partition coefficient (Wildman–Crippen LogP) is 0.460. The predicted molar refractivity (Wildman–Crippen MR) is 49.2 cm³/mol. The van der Waals surface area contributed by atoms with Crippen molar-refractivity contribution in [3.8, 4) is 0 Å². The minimum atomic E-state index is -0.486. The zero-order valence-electron chi connectivity index (χ0n) is 7.98. The Kier molecular flexibility index (Phi) is 4.15. The van der Waals surface area contributed by atoms with Crippen LogP contribution in [0.2, 0.25) is 0 Å². The third-order valence-electron chi connectivity index (χ3n) is 2.49. The monoisotopic (exact) mass is 188 g/mol. The van der Waals surface area contributed by atoms with Gasteiger partial charge in [-0.15, -0.1) is 0 Å². The van der Waals surface area contributed by atoms with Crippen LogP contribution in [0.5, 0.6) is 0 Å². The van der Waals surface area contributed by atoms with E-state index >= 15 is 0 Å². The maximum absolute atomic E-state index is 11.8. The number of alkyl halides is 1. The van der Waals surface area contributed by atoms with Crippen molar-refractivity contribution in [1.82, 2.24) is 10.6 Å². The quantitative estimate of drug-likeness (QED) is 0.675. The molecule has 3 nitrogen and oxygen atoms in total. The Hall–Kier alpha value is -0.640. The minimum absolute atomic E-state index is 0.0142. The van der Waals surface area contributed by atoms with Crippen molar-refractivity contribution in [2.45, 2.75) is 25.8 Å². The molecular formula is C9H17FN2O. The van der Waals surface area contributed by atoms with Crippen LogP contribution >= 0.6 is 0 Å². The van der Waals surface area contributed by atoms with Gasteiger partial charge in [0.25, 0.3) is 0 Å². The summed E-state index contributed by atoms with van der Waals surface area (Å²) in [6.45, 7) is 2.63. The number of carbonyl (C=O) groups is 1. The van der Waals surface area contributed by atoms with Crippen molar-refractivity contribution < 1.29 is 9.18 Å². The van der Waals surface area contributed by atoms with E-state index in [1.165, 1.54) is 0 Å². The Morgan fingerprint density at radius 2 is 2.46 bits per heavy atom. The SMILES string of the molecule is CC1NCCCC1C(=O)NCCF. The molecular weight excluding hydrogens is 171 g/mol. The van der Waals surface area contributed by atoms with E-state index < -0.39 is 6.67 Å². The van der Waals surface area contributed by atoms with Crippen molar-refractivity contribution in [3.63, 3.8) is 0 Å². The number of nitrogens with one attached hydrogen (secondary N) is 2. The Morgan fingerprint density at radius 1 is 1.69 bits per heavy atom. The molecule has 1 aliphatic heterocycles. The molecule has 0 bridgehead atoms. The van der Waals surface area contributed by atoms with Gasteiger partial charge >= 0.3 is 0 Å². The topological polar surface area (TPSA) is 41.1 Å². The third-order valence-corrected chi connectivity index (χ3v) is 2.49. The van der Waals surface area contributed by atoms with Gasteiger partial charge in [-0.3, -0.25) is 4.79 Å². The smallest absolute Gasteiger partial charge is 0.224 e. The maximum atomic E-state index is 11.8. The van der Waals surface area contributed by atoms with E-state index in [4.69, 9.17) is 0 Å². The van der Waals surface area contributed by atoms with E-state index in [1.807, 2.05) is 6.92 Å². The summed E-state index contributed by atoms with van der Waals surface area (Å²) >= 11 is 0. The summed E-state index contributed by atoms with van der Waals surface area (Å²) < 4.78 is 11.8. The van der Waals surface area contributed by atoms with Crippen molar-refractivity contribution in [2.75, 3.05) is 19.8 Å². The lowest BCUT2D eigenvalue weighted by atomic mass is 9.91. The highest BCUT2D eigenvalue weighted by Crippen LogP contribution is 2.15. The second-order valence-corrected chi connectivity index (χ2v) is 3.47. The minimum Gasteiger partial charge on any atom is -0.353 e. The molecule has 13 heavy (non-hydrogen) atoms. The van der Waals surface area contributed by atoms with Crippen LogP contribution in [0.15, 0.2) is 0 Å². The molecule has 1 rings (SSSR count). The van der Waals surface area contributed by atoms with Crippen molar-refractivity contribution >= 4 is 5.91 Å². The van der Waals surface area contributed by atoms with Gasteiger partial charge < -0.3 is 10.6 Å². The largest absolute Gasteiger partial charge is 0.353 e. The lowest BCUT2D eigenvalue weighted by molar-refractivity contribution is -0.126. The van der Waals surface area contributed by atoms with Crippen LogP contribution in [-0.2, 0) is 4.79 Å². The molecule has 1 amide bonds. The average molecular weight is 188 g/mol. The van der Waals surface area contributed by atoms with E-state index in [2.05, 4.69) is 10.6 Å². The molecule has 1 heterocycles. The highest BCUT2D eigenvalue weighted by molar-refractivity contribution is 5.79. The molecule has 1 fully saturated rings. The third kappa shape index (κ3) is 2.95. The van der Waals surface area contributed by atoms with Crippen LogP contribution in [0.3, 0.4) is 0 Å². The molecule has 2 N–H and O–H groups in total. The summed E-state index contributed by atoms with van der Waals surface area (Å²) in [6, 6.07) is 0.216. The fourth-order valence-corrected chi connectivity index (χ4v) is 1.70. The van der Waals surface area contributed by atoms with Gasteiger partial charge in [0.15, 0.2) is 0 Å². The maximum Gasteiger partial charge on any atom is 0.224 e. The van der Waals surface area contributed by atoms with E-state index in [9.17, 15) is 9.18 Å². The molecule has 0 aromatic rings. The standard InChI is InChI=1S/C9H17FN2O/c1-7-8(3-2-5-11-7)9(13)12-6-4-10/h7-8,11H,2-6H2,1H3,(H,12,13). The second-order valence-electron chi connectivity index (χ2n) is 3.47. The van der Waals surface area contributed by atoms with Gasteiger partial charge in [-0.25, -0.2) is 4.39 Å². The molecule has 0 aromatic heterocycles. The van der Waals surface area contributed by atoms with Gasteiger partial charge in [0.2, 0.25) is 5.91 Å². The number of carbonyl (C=O) groups excluding carboxylic acids is 1. The van der Waals surface area contributed by atoms with Crippen LogP contribution < -0.4 is 10.6 Å². The van der Waals surface area contributed by atoms with Gasteiger partial charge in [0.05, 0.1) is 5.92 Å². The van der Waals surface area contributed by atoms with Crippen molar-refractivity contribution in [1.29, 1.82) is 0 Å². The van der Waals surface area contributed by atoms with E-state index in [0.717, 1.165) is 19.4 Å². The second kappa shape index (κ2) is 5.17. The lowest BCUT2D eigenvalue weighted by Gasteiger charge is -2.28. The number of hydrogen-bond donors (Lipinski definition) is 2.